The number of para-hydroxylation sites is 1. The molecule has 8 heteroatoms. The maximum absolute atomic E-state index is 12.9. The summed E-state index contributed by atoms with van der Waals surface area (Å²) in [6.07, 6.45) is -1.44. The van der Waals surface area contributed by atoms with E-state index in [1.807, 2.05) is 6.07 Å². The third-order valence-electron chi connectivity index (χ3n) is 3.67. The number of halogens is 2. The van der Waals surface area contributed by atoms with Crippen molar-refractivity contribution in [2.24, 2.45) is 0 Å². The van der Waals surface area contributed by atoms with E-state index in [9.17, 15) is 9.59 Å². The molecule has 2 amide bonds. The molecule has 0 radical (unpaired) electrons. The van der Waals surface area contributed by atoms with Crippen molar-refractivity contribution in [2.75, 3.05) is 11.9 Å². The number of carbonyl (C=O) groups is 2. The number of hydrazine groups is 1. The molecule has 6 nitrogen and oxygen atoms in total. The molecular formula is C17H15Cl2N3O3. The molecule has 0 spiro atoms. The van der Waals surface area contributed by atoms with Crippen LogP contribution in [0.15, 0.2) is 42.5 Å². The number of anilines is 1. The summed E-state index contributed by atoms with van der Waals surface area (Å²) in [6, 6.07) is 12.0. The molecule has 2 aromatic rings. The van der Waals surface area contributed by atoms with E-state index >= 15 is 0 Å². The van der Waals surface area contributed by atoms with Crippen molar-refractivity contribution in [3.8, 4) is 0 Å². The summed E-state index contributed by atoms with van der Waals surface area (Å²) in [7, 11) is 0. The summed E-state index contributed by atoms with van der Waals surface area (Å²) < 4.78 is 4.89. The molecule has 0 saturated heterocycles. The lowest BCUT2D eigenvalue weighted by Crippen LogP contribution is -2.53. The summed E-state index contributed by atoms with van der Waals surface area (Å²) >= 11 is 12.2. The van der Waals surface area contributed by atoms with Gasteiger partial charge in [-0.2, -0.15) is 0 Å². The average Bonchev–Trinajstić information content (AvgIpc) is 2.58. The smallest absolute Gasteiger partial charge is 0.426 e. The Labute approximate surface area is 154 Å². The average molecular weight is 380 g/mol. The highest BCUT2D eigenvalue weighted by molar-refractivity contribution is 6.35. The summed E-state index contributed by atoms with van der Waals surface area (Å²) in [5, 5.41) is 5.21. The number of rotatable bonds is 3. The number of nitrogens with one attached hydrogen (secondary N) is 2. The van der Waals surface area contributed by atoms with Crippen LogP contribution < -0.4 is 10.7 Å². The Kier molecular flexibility index (Phi) is 5.01. The van der Waals surface area contributed by atoms with Gasteiger partial charge in [0.05, 0.1) is 12.2 Å². The Morgan fingerprint density at radius 3 is 2.76 bits per heavy atom. The summed E-state index contributed by atoms with van der Waals surface area (Å²) in [5.74, 6) is -0.376. The van der Waals surface area contributed by atoms with Gasteiger partial charge in [-0.15, -0.1) is 0 Å². The molecule has 0 fully saturated rings. The highest BCUT2D eigenvalue weighted by Gasteiger charge is 2.35. The zero-order valence-corrected chi connectivity index (χ0v) is 14.8. The maximum Gasteiger partial charge on any atom is 0.426 e. The Bertz CT molecular complexity index is 829. The normalized spacial score (nSPS) is 16.0. The maximum atomic E-state index is 12.9. The van der Waals surface area contributed by atoms with Crippen molar-refractivity contribution in [1.82, 2.24) is 10.4 Å². The minimum Gasteiger partial charge on any atom is -0.449 e. The first-order chi connectivity index (χ1) is 12.0. The van der Waals surface area contributed by atoms with E-state index < -0.39 is 12.3 Å². The topological polar surface area (TPSA) is 70.7 Å². The molecule has 1 atom stereocenters. The fourth-order valence-corrected chi connectivity index (χ4v) is 3.08. The largest absolute Gasteiger partial charge is 0.449 e. The number of ether oxygens (including phenoxy) is 1. The van der Waals surface area contributed by atoms with Crippen LogP contribution >= 0.6 is 23.2 Å². The second kappa shape index (κ2) is 7.21. The summed E-state index contributed by atoms with van der Waals surface area (Å²) in [6.45, 7) is 1.86. The molecule has 2 N–H and O–H groups in total. The van der Waals surface area contributed by atoms with E-state index in [0.717, 1.165) is 5.01 Å². The van der Waals surface area contributed by atoms with Crippen LogP contribution in [0, 0.1) is 0 Å². The molecule has 0 aliphatic carbocycles. The third-order valence-corrected chi connectivity index (χ3v) is 4.23. The van der Waals surface area contributed by atoms with Crippen LogP contribution in [0.2, 0.25) is 10.0 Å². The Balaban J connectivity index is 2.03. The van der Waals surface area contributed by atoms with Crippen molar-refractivity contribution < 1.29 is 14.3 Å². The lowest BCUT2D eigenvalue weighted by molar-refractivity contribution is 0.0507. The van der Waals surface area contributed by atoms with Gasteiger partial charge in [0.1, 0.15) is 6.17 Å². The van der Waals surface area contributed by atoms with Gasteiger partial charge in [-0.05, 0) is 31.2 Å². The molecule has 0 bridgehead atoms. The first-order valence-electron chi connectivity index (χ1n) is 7.58. The molecular weight excluding hydrogens is 365 g/mol. The Morgan fingerprint density at radius 1 is 1.28 bits per heavy atom. The minimum atomic E-state index is -0.730. The van der Waals surface area contributed by atoms with Crippen molar-refractivity contribution >= 4 is 40.9 Å². The zero-order valence-electron chi connectivity index (χ0n) is 13.3. The number of hydrogen-bond donors (Lipinski definition) is 2. The fraction of sp³-hybridized carbons (Fsp3) is 0.176. The van der Waals surface area contributed by atoms with E-state index in [-0.39, 0.29) is 12.5 Å². The van der Waals surface area contributed by atoms with E-state index in [0.29, 0.717) is 26.9 Å². The molecule has 25 heavy (non-hydrogen) atoms. The lowest BCUT2D eigenvalue weighted by atomic mass is 10.0. The Morgan fingerprint density at radius 2 is 2.04 bits per heavy atom. The number of carbonyl (C=O) groups excluding carboxylic acids is 2. The predicted octanol–water partition coefficient (Wildman–Crippen LogP) is 4.22. The SMILES string of the molecule is CCOC(=O)NN1C(=O)c2ccccc2N[C@@H]1c1ccc(Cl)cc1Cl. The van der Waals surface area contributed by atoms with Crippen LogP contribution in [-0.4, -0.2) is 23.6 Å². The van der Waals surface area contributed by atoms with E-state index in [1.165, 1.54) is 0 Å². The van der Waals surface area contributed by atoms with Crippen LogP contribution in [0.3, 0.4) is 0 Å². The van der Waals surface area contributed by atoms with E-state index in [1.54, 1.807) is 43.3 Å². The molecule has 1 heterocycles. The number of benzene rings is 2. The van der Waals surface area contributed by atoms with Crippen molar-refractivity contribution in [3.05, 3.63) is 63.6 Å². The zero-order chi connectivity index (χ0) is 18.0. The highest BCUT2D eigenvalue weighted by Crippen LogP contribution is 2.35. The fourth-order valence-electron chi connectivity index (χ4n) is 2.57. The molecule has 1 aliphatic rings. The molecule has 1 aliphatic heterocycles. The first-order valence-corrected chi connectivity index (χ1v) is 8.34. The Hall–Kier alpha value is -2.44. The van der Waals surface area contributed by atoms with Crippen molar-refractivity contribution in [1.29, 1.82) is 0 Å². The molecule has 0 saturated carbocycles. The van der Waals surface area contributed by atoms with Crippen LogP contribution in [0.1, 0.15) is 29.0 Å². The summed E-state index contributed by atoms with van der Waals surface area (Å²) in [5.41, 5.74) is 4.13. The third kappa shape index (κ3) is 3.50. The van der Waals surface area contributed by atoms with Gasteiger partial charge in [-0.1, -0.05) is 41.4 Å². The quantitative estimate of drug-likeness (QED) is 0.837. The van der Waals surface area contributed by atoms with Gasteiger partial charge in [0.2, 0.25) is 0 Å². The van der Waals surface area contributed by atoms with Crippen LogP contribution in [0.25, 0.3) is 0 Å². The van der Waals surface area contributed by atoms with Crippen LogP contribution in [0.4, 0.5) is 10.5 Å². The molecule has 130 valence electrons. The minimum absolute atomic E-state index is 0.185. The summed E-state index contributed by atoms with van der Waals surface area (Å²) in [4.78, 5) is 24.7. The second-order valence-electron chi connectivity index (χ2n) is 5.27. The van der Waals surface area contributed by atoms with Gasteiger partial charge in [0, 0.05) is 21.3 Å². The number of fused-ring (bicyclic) bond motifs is 1. The second-order valence-corrected chi connectivity index (χ2v) is 6.11. The van der Waals surface area contributed by atoms with Gasteiger partial charge >= 0.3 is 6.09 Å². The molecule has 3 rings (SSSR count). The monoisotopic (exact) mass is 379 g/mol. The number of hydrogen-bond acceptors (Lipinski definition) is 4. The van der Waals surface area contributed by atoms with Crippen molar-refractivity contribution in [3.63, 3.8) is 0 Å². The highest BCUT2D eigenvalue weighted by atomic mass is 35.5. The predicted molar refractivity (Wildman–Crippen MR) is 95.6 cm³/mol. The van der Waals surface area contributed by atoms with Gasteiger partial charge in [0.15, 0.2) is 0 Å². The molecule has 0 unspecified atom stereocenters. The molecule has 2 aromatic carbocycles. The molecule has 0 aromatic heterocycles. The van der Waals surface area contributed by atoms with E-state index in [4.69, 9.17) is 27.9 Å². The lowest BCUT2D eigenvalue weighted by Gasteiger charge is -2.37. The van der Waals surface area contributed by atoms with E-state index in [2.05, 4.69) is 10.7 Å². The van der Waals surface area contributed by atoms with Crippen molar-refractivity contribution in [2.45, 2.75) is 13.1 Å². The standard InChI is InChI=1S/C17H15Cl2N3O3/c1-2-25-17(24)21-22-15(11-8-7-10(18)9-13(11)19)20-14-6-4-3-5-12(14)16(22)23/h3-9,15,20H,2H2,1H3,(H,21,24)/t15-/m0/s1. The number of nitrogens with zero attached hydrogens (tertiary/aromatic N) is 1. The van der Waals surface area contributed by atoms with Gasteiger partial charge in [-0.3, -0.25) is 4.79 Å². The number of amides is 2. The van der Waals surface area contributed by atoms with Gasteiger partial charge in [0.25, 0.3) is 5.91 Å². The van der Waals surface area contributed by atoms with Crippen LogP contribution in [-0.2, 0) is 4.74 Å². The van der Waals surface area contributed by atoms with Gasteiger partial charge < -0.3 is 10.1 Å². The van der Waals surface area contributed by atoms with Gasteiger partial charge in [-0.25, -0.2) is 15.2 Å². The first kappa shape index (κ1) is 17.4. The van der Waals surface area contributed by atoms with Crippen LogP contribution in [0.5, 0.6) is 0 Å².